The molecule has 0 saturated carbocycles. The fourth-order valence-corrected chi connectivity index (χ4v) is 2.99. The molecule has 3 rings (SSSR count). The van der Waals surface area contributed by atoms with E-state index in [1.165, 1.54) is 4.90 Å². The smallest absolute Gasteiger partial charge is 0.233 e. The number of anilines is 1. The minimum absolute atomic E-state index is 0.0503. The van der Waals surface area contributed by atoms with E-state index < -0.39 is 12.0 Å². The van der Waals surface area contributed by atoms with E-state index in [2.05, 4.69) is 0 Å². The number of β-lactam (4-membered cyclic amide) rings is 1. The van der Waals surface area contributed by atoms with Crippen molar-refractivity contribution in [2.75, 3.05) is 12.0 Å². The van der Waals surface area contributed by atoms with Crippen LogP contribution in [-0.4, -0.2) is 31.1 Å². The van der Waals surface area contributed by atoms with E-state index in [4.69, 9.17) is 4.74 Å². The van der Waals surface area contributed by atoms with E-state index in [9.17, 15) is 14.4 Å². The average molecular weight is 323 g/mol. The summed E-state index contributed by atoms with van der Waals surface area (Å²) in [4.78, 5) is 37.6. The van der Waals surface area contributed by atoms with Crippen LogP contribution in [0.3, 0.4) is 0 Å². The zero-order chi connectivity index (χ0) is 17.1. The molecule has 1 aliphatic rings. The van der Waals surface area contributed by atoms with E-state index in [0.29, 0.717) is 23.3 Å². The predicted octanol–water partition coefficient (Wildman–Crippen LogP) is 2.50. The van der Waals surface area contributed by atoms with E-state index in [-0.39, 0.29) is 18.1 Å². The number of benzene rings is 2. The standard InChI is InChI=1S/C19H17NO4/c1-24-15-9-7-14(8-10-15)20-17(16(11-12-21)19(20)23)18(22)13-5-3-2-4-6-13/h2-10,12,16-17H,11H2,1H3. The van der Waals surface area contributed by atoms with Gasteiger partial charge in [0.1, 0.15) is 18.1 Å². The number of ketones is 1. The normalized spacial score (nSPS) is 19.5. The summed E-state index contributed by atoms with van der Waals surface area (Å²) in [5.41, 5.74) is 1.15. The first-order valence-corrected chi connectivity index (χ1v) is 7.67. The van der Waals surface area contributed by atoms with Gasteiger partial charge in [0.25, 0.3) is 0 Å². The molecule has 2 unspecified atom stereocenters. The number of Topliss-reactive ketones (excluding diaryl/α,β-unsaturated/α-hetero) is 1. The molecule has 0 spiro atoms. The van der Waals surface area contributed by atoms with Gasteiger partial charge in [0, 0.05) is 17.7 Å². The molecule has 0 bridgehead atoms. The highest BCUT2D eigenvalue weighted by Gasteiger charge is 2.51. The molecule has 1 heterocycles. The Morgan fingerprint density at radius 3 is 2.38 bits per heavy atom. The van der Waals surface area contributed by atoms with Crippen LogP contribution in [0.15, 0.2) is 54.6 Å². The van der Waals surface area contributed by atoms with Crippen LogP contribution in [0.4, 0.5) is 5.69 Å². The molecule has 2 aromatic rings. The van der Waals surface area contributed by atoms with Crippen LogP contribution in [0.25, 0.3) is 0 Å². The molecular formula is C19H17NO4. The van der Waals surface area contributed by atoms with Gasteiger partial charge in [-0.1, -0.05) is 30.3 Å². The molecule has 122 valence electrons. The lowest BCUT2D eigenvalue weighted by Crippen LogP contribution is -2.64. The molecule has 0 radical (unpaired) electrons. The number of ether oxygens (including phenoxy) is 1. The lowest BCUT2D eigenvalue weighted by atomic mass is 9.80. The van der Waals surface area contributed by atoms with Crippen LogP contribution >= 0.6 is 0 Å². The summed E-state index contributed by atoms with van der Waals surface area (Å²) in [7, 11) is 1.56. The largest absolute Gasteiger partial charge is 0.497 e. The number of methoxy groups -OCH3 is 1. The highest BCUT2D eigenvalue weighted by molar-refractivity contribution is 6.17. The quantitative estimate of drug-likeness (QED) is 0.465. The molecule has 1 saturated heterocycles. The number of rotatable bonds is 6. The highest BCUT2D eigenvalue weighted by Crippen LogP contribution is 2.36. The van der Waals surface area contributed by atoms with E-state index >= 15 is 0 Å². The fourth-order valence-electron chi connectivity index (χ4n) is 2.99. The molecule has 5 heteroatoms. The van der Waals surface area contributed by atoms with Crippen molar-refractivity contribution in [3.8, 4) is 5.75 Å². The summed E-state index contributed by atoms with van der Waals surface area (Å²) in [6.07, 6.45) is 0.744. The topological polar surface area (TPSA) is 63.7 Å². The lowest BCUT2D eigenvalue weighted by molar-refractivity contribution is -0.131. The Morgan fingerprint density at radius 1 is 1.12 bits per heavy atom. The molecule has 0 aliphatic carbocycles. The van der Waals surface area contributed by atoms with Crippen molar-refractivity contribution in [1.29, 1.82) is 0 Å². The Morgan fingerprint density at radius 2 is 1.79 bits per heavy atom. The molecule has 24 heavy (non-hydrogen) atoms. The monoisotopic (exact) mass is 323 g/mol. The summed E-state index contributed by atoms with van der Waals surface area (Å²) in [6.45, 7) is 0. The van der Waals surface area contributed by atoms with Crippen LogP contribution in [0.1, 0.15) is 16.8 Å². The SMILES string of the molecule is COc1ccc(N2C(=O)C(CC=O)C2C(=O)c2ccccc2)cc1. The lowest BCUT2D eigenvalue weighted by Gasteiger charge is -2.45. The summed E-state index contributed by atoms with van der Waals surface area (Å²) >= 11 is 0. The molecule has 2 atom stereocenters. The first kappa shape index (κ1) is 15.9. The van der Waals surface area contributed by atoms with Crippen molar-refractivity contribution in [2.45, 2.75) is 12.5 Å². The highest BCUT2D eigenvalue weighted by atomic mass is 16.5. The van der Waals surface area contributed by atoms with Gasteiger partial charge in [0.05, 0.1) is 13.0 Å². The maximum atomic E-state index is 12.8. The number of hydrogen-bond acceptors (Lipinski definition) is 4. The summed E-state index contributed by atoms with van der Waals surface area (Å²) in [5, 5.41) is 0. The third kappa shape index (κ3) is 2.69. The van der Waals surface area contributed by atoms with Gasteiger partial charge >= 0.3 is 0 Å². The molecule has 1 aliphatic heterocycles. The van der Waals surface area contributed by atoms with Gasteiger partial charge in [-0.05, 0) is 24.3 Å². The van der Waals surface area contributed by atoms with Crippen molar-refractivity contribution in [3.63, 3.8) is 0 Å². The Bertz CT molecular complexity index is 755. The Hall–Kier alpha value is -2.95. The van der Waals surface area contributed by atoms with Crippen molar-refractivity contribution in [3.05, 3.63) is 60.2 Å². The third-order valence-corrected chi connectivity index (χ3v) is 4.24. The van der Waals surface area contributed by atoms with Crippen LogP contribution in [0.5, 0.6) is 5.75 Å². The summed E-state index contributed by atoms with van der Waals surface area (Å²) < 4.78 is 5.11. The van der Waals surface area contributed by atoms with Crippen molar-refractivity contribution >= 4 is 23.7 Å². The second kappa shape index (κ2) is 6.66. The van der Waals surface area contributed by atoms with Crippen molar-refractivity contribution in [1.82, 2.24) is 0 Å². The van der Waals surface area contributed by atoms with Gasteiger partial charge < -0.3 is 14.4 Å². The Labute approximate surface area is 139 Å². The van der Waals surface area contributed by atoms with Gasteiger partial charge in [-0.2, -0.15) is 0 Å². The number of hydrogen-bond donors (Lipinski definition) is 0. The first-order chi connectivity index (χ1) is 11.7. The van der Waals surface area contributed by atoms with E-state index in [1.54, 1.807) is 55.6 Å². The van der Waals surface area contributed by atoms with Crippen LogP contribution < -0.4 is 9.64 Å². The number of carbonyl (C=O) groups is 3. The molecule has 0 N–H and O–H groups in total. The Kier molecular flexibility index (Phi) is 4.42. The maximum Gasteiger partial charge on any atom is 0.233 e. The third-order valence-electron chi connectivity index (χ3n) is 4.24. The predicted molar refractivity (Wildman–Crippen MR) is 89.2 cm³/mol. The minimum atomic E-state index is -0.654. The minimum Gasteiger partial charge on any atom is -0.497 e. The van der Waals surface area contributed by atoms with Gasteiger partial charge in [-0.15, -0.1) is 0 Å². The molecular weight excluding hydrogens is 306 g/mol. The summed E-state index contributed by atoms with van der Waals surface area (Å²) in [5.74, 6) is -0.293. The summed E-state index contributed by atoms with van der Waals surface area (Å²) in [6, 6.07) is 15.1. The second-order valence-corrected chi connectivity index (χ2v) is 5.59. The Balaban J connectivity index is 1.93. The van der Waals surface area contributed by atoms with Gasteiger partial charge in [-0.25, -0.2) is 0 Å². The molecule has 1 amide bonds. The average Bonchev–Trinajstić information content (AvgIpc) is 2.64. The van der Waals surface area contributed by atoms with E-state index in [0.717, 1.165) is 0 Å². The van der Waals surface area contributed by atoms with Gasteiger partial charge in [-0.3, -0.25) is 9.59 Å². The van der Waals surface area contributed by atoms with Crippen LogP contribution in [0.2, 0.25) is 0 Å². The van der Waals surface area contributed by atoms with E-state index in [1.807, 2.05) is 6.07 Å². The zero-order valence-corrected chi connectivity index (χ0v) is 13.2. The van der Waals surface area contributed by atoms with Crippen molar-refractivity contribution in [2.24, 2.45) is 5.92 Å². The van der Waals surface area contributed by atoms with Gasteiger partial charge in [0.2, 0.25) is 5.91 Å². The maximum absolute atomic E-state index is 12.8. The van der Waals surface area contributed by atoms with Gasteiger partial charge in [0.15, 0.2) is 5.78 Å². The van der Waals surface area contributed by atoms with Crippen molar-refractivity contribution < 1.29 is 19.1 Å². The molecule has 0 aromatic heterocycles. The number of nitrogens with zero attached hydrogens (tertiary/aromatic N) is 1. The zero-order valence-electron chi connectivity index (χ0n) is 13.2. The van der Waals surface area contributed by atoms with Crippen LogP contribution in [0, 0.1) is 5.92 Å². The fraction of sp³-hybridized carbons (Fsp3) is 0.211. The number of amides is 1. The molecule has 5 nitrogen and oxygen atoms in total. The first-order valence-electron chi connectivity index (χ1n) is 7.67. The van der Waals surface area contributed by atoms with Crippen LogP contribution in [-0.2, 0) is 9.59 Å². The number of aldehydes is 1. The molecule has 1 fully saturated rings. The number of carbonyl (C=O) groups excluding carboxylic acids is 3. The molecule has 2 aromatic carbocycles. The second-order valence-electron chi connectivity index (χ2n) is 5.59.